The molecule has 0 bridgehead atoms. The van der Waals surface area contributed by atoms with Crippen molar-refractivity contribution in [3.8, 4) is 0 Å². The molecule has 9 heteroatoms. The molecule has 21 heavy (non-hydrogen) atoms. The maximum absolute atomic E-state index is 12.2. The summed E-state index contributed by atoms with van der Waals surface area (Å²) in [6.45, 7) is 1.09. The van der Waals surface area contributed by atoms with E-state index >= 15 is 0 Å². The lowest BCUT2D eigenvalue weighted by atomic mass is 10.2. The first kappa shape index (κ1) is 17.4. The molecule has 1 aromatic carbocycles. The highest BCUT2D eigenvalue weighted by Gasteiger charge is 2.32. The van der Waals surface area contributed by atoms with Crippen LogP contribution in [0.15, 0.2) is 29.2 Å². The zero-order valence-electron chi connectivity index (χ0n) is 11.3. The molecule has 1 rings (SSSR count). The van der Waals surface area contributed by atoms with E-state index in [4.69, 9.17) is 0 Å². The average Bonchev–Trinajstić information content (AvgIpc) is 2.34. The topological polar surface area (TPSA) is 72.5 Å². The molecule has 0 heterocycles. The summed E-state index contributed by atoms with van der Waals surface area (Å²) in [5, 5.41) is 0. The van der Waals surface area contributed by atoms with Gasteiger partial charge < -0.3 is 4.74 Å². The highest BCUT2D eigenvalue weighted by atomic mass is 32.2. The van der Waals surface area contributed by atoms with Crippen LogP contribution in [0.25, 0.3) is 0 Å². The van der Waals surface area contributed by atoms with Gasteiger partial charge >= 0.3 is 12.1 Å². The second-order valence-electron chi connectivity index (χ2n) is 4.33. The predicted molar refractivity (Wildman–Crippen MR) is 68.2 cm³/mol. The van der Waals surface area contributed by atoms with Crippen molar-refractivity contribution in [3.05, 3.63) is 29.8 Å². The molecule has 1 unspecified atom stereocenters. The molecule has 0 radical (unpaired) electrons. The van der Waals surface area contributed by atoms with Gasteiger partial charge in [-0.1, -0.05) is 12.1 Å². The number of hydrogen-bond acceptors (Lipinski definition) is 4. The van der Waals surface area contributed by atoms with Crippen molar-refractivity contribution >= 4 is 16.0 Å². The number of hydrogen-bond donors (Lipinski definition) is 1. The van der Waals surface area contributed by atoms with E-state index in [0.29, 0.717) is 0 Å². The fourth-order valence-electron chi connectivity index (χ4n) is 1.70. The molecule has 1 atom stereocenters. The van der Waals surface area contributed by atoms with Crippen LogP contribution in [0.3, 0.4) is 0 Å². The Labute approximate surface area is 120 Å². The maximum Gasteiger partial charge on any atom is 0.390 e. The first-order chi connectivity index (χ1) is 9.57. The molecular weight excluding hydrogens is 311 g/mol. The van der Waals surface area contributed by atoms with E-state index in [0.717, 1.165) is 20.1 Å². The van der Waals surface area contributed by atoms with E-state index < -0.39 is 39.5 Å². The largest absolute Gasteiger partial charge is 0.465 e. The highest BCUT2D eigenvalue weighted by Crippen LogP contribution is 2.23. The summed E-state index contributed by atoms with van der Waals surface area (Å²) in [6, 6.07) is 3.75. The van der Waals surface area contributed by atoms with Gasteiger partial charge in [-0.15, -0.1) is 0 Å². The first-order valence-electron chi connectivity index (χ1n) is 5.83. The van der Waals surface area contributed by atoms with Crippen molar-refractivity contribution in [2.75, 3.05) is 7.11 Å². The third kappa shape index (κ3) is 5.01. The van der Waals surface area contributed by atoms with Crippen LogP contribution >= 0.6 is 0 Å². The number of ether oxygens (including phenoxy) is 1. The third-order valence-electron chi connectivity index (χ3n) is 2.48. The number of carbonyl (C=O) groups is 1. The van der Waals surface area contributed by atoms with Crippen molar-refractivity contribution in [2.45, 2.75) is 30.5 Å². The lowest BCUT2D eigenvalue weighted by molar-refractivity contribution is -0.137. The minimum absolute atomic E-state index is 0.244. The van der Waals surface area contributed by atoms with Crippen molar-refractivity contribution in [1.29, 1.82) is 0 Å². The van der Waals surface area contributed by atoms with Gasteiger partial charge in [0.1, 0.15) is 0 Å². The Morgan fingerprint density at radius 1 is 1.33 bits per heavy atom. The zero-order chi connectivity index (χ0) is 16.3. The fourth-order valence-corrected chi connectivity index (χ4v) is 3.14. The molecule has 0 saturated heterocycles. The molecule has 0 fully saturated rings. The SMILES string of the molecule is COC(=O)c1ccccc1S(=O)(=O)NC(C)CC(F)(F)F. The number of alkyl halides is 3. The molecule has 0 aliphatic heterocycles. The standard InChI is InChI=1S/C12H14F3NO4S/c1-8(7-12(13,14)15)16-21(18,19)10-6-4-3-5-9(10)11(17)20-2/h3-6,8,16H,7H2,1-2H3. The van der Waals surface area contributed by atoms with Crippen LogP contribution in [0, 0.1) is 0 Å². The van der Waals surface area contributed by atoms with Crippen molar-refractivity contribution < 1.29 is 31.1 Å². The Balaban J connectivity index is 3.07. The number of nitrogens with one attached hydrogen (secondary N) is 1. The average molecular weight is 325 g/mol. The van der Waals surface area contributed by atoms with E-state index in [1.54, 1.807) is 0 Å². The van der Waals surface area contributed by atoms with Gasteiger partial charge in [0.05, 0.1) is 24.0 Å². The summed E-state index contributed by atoms with van der Waals surface area (Å²) >= 11 is 0. The second-order valence-corrected chi connectivity index (χ2v) is 6.01. The third-order valence-corrected chi connectivity index (χ3v) is 4.12. The monoisotopic (exact) mass is 325 g/mol. The Morgan fingerprint density at radius 3 is 2.43 bits per heavy atom. The van der Waals surface area contributed by atoms with Gasteiger partial charge in [0.15, 0.2) is 0 Å². The molecule has 0 aromatic heterocycles. The maximum atomic E-state index is 12.2. The Hall–Kier alpha value is -1.61. The van der Waals surface area contributed by atoms with Crippen LogP contribution in [0.5, 0.6) is 0 Å². The summed E-state index contributed by atoms with van der Waals surface area (Å²) in [5.41, 5.74) is -0.244. The van der Waals surface area contributed by atoms with Gasteiger partial charge in [0.2, 0.25) is 10.0 Å². The Kier molecular flexibility index (Phi) is 5.35. The van der Waals surface area contributed by atoms with Gasteiger partial charge in [-0.25, -0.2) is 17.9 Å². The summed E-state index contributed by atoms with van der Waals surface area (Å²) < 4.78 is 67.2. The number of rotatable bonds is 5. The summed E-state index contributed by atoms with van der Waals surface area (Å²) in [4.78, 5) is 11.1. The van der Waals surface area contributed by atoms with Gasteiger partial charge in [-0.3, -0.25) is 0 Å². The predicted octanol–water partition coefficient (Wildman–Crippen LogP) is 2.09. The van der Waals surface area contributed by atoms with E-state index in [-0.39, 0.29) is 5.56 Å². The van der Waals surface area contributed by atoms with E-state index in [2.05, 4.69) is 4.74 Å². The van der Waals surface area contributed by atoms with Crippen molar-refractivity contribution in [1.82, 2.24) is 4.72 Å². The fraction of sp³-hybridized carbons (Fsp3) is 0.417. The highest BCUT2D eigenvalue weighted by molar-refractivity contribution is 7.89. The molecule has 0 amide bonds. The number of sulfonamides is 1. The number of carbonyl (C=O) groups excluding carboxylic acids is 1. The van der Waals surface area contributed by atoms with Gasteiger partial charge in [0.25, 0.3) is 0 Å². The van der Waals surface area contributed by atoms with Crippen LogP contribution in [0.1, 0.15) is 23.7 Å². The van der Waals surface area contributed by atoms with Crippen LogP contribution in [-0.2, 0) is 14.8 Å². The molecule has 0 spiro atoms. The molecule has 118 valence electrons. The molecular formula is C12H14F3NO4S. The number of benzene rings is 1. The molecule has 0 aliphatic rings. The Morgan fingerprint density at radius 2 is 1.90 bits per heavy atom. The quantitative estimate of drug-likeness (QED) is 0.842. The lowest BCUT2D eigenvalue weighted by Crippen LogP contribution is -2.36. The molecule has 1 N–H and O–H groups in total. The van der Waals surface area contributed by atoms with Crippen LogP contribution in [0.2, 0.25) is 0 Å². The minimum atomic E-state index is -4.50. The first-order valence-corrected chi connectivity index (χ1v) is 7.31. The molecule has 1 aromatic rings. The normalized spacial score (nSPS) is 13.8. The summed E-state index contributed by atoms with van der Waals surface area (Å²) in [6.07, 6.45) is -5.81. The molecule has 5 nitrogen and oxygen atoms in total. The Bertz CT molecular complexity index is 613. The van der Waals surface area contributed by atoms with E-state index in [1.165, 1.54) is 18.2 Å². The van der Waals surface area contributed by atoms with Crippen LogP contribution < -0.4 is 4.72 Å². The van der Waals surface area contributed by atoms with Gasteiger partial charge in [-0.2, -0.15) is 13.2 Å². The molecule has 0 saturated carbocycles. The smallest absolute Gasteiger partial charge is 0.390 e. The summed E-state index contributed by atoms with van der Waals surface area (Å²) in [5.74, 6) is -0.889. The molecule has 0 aliphatic carbocycles. The minimum Gasteiger partial charge on any atom is -0.465 e. The zero-order valence-corrected chi connectivity index (χ0v) is 12.1. The van der Waals surface area contributed by atoms with E-state index in [9.17, 15) is 26.4 Å². The van der Waals surface area contributed by atoms with Gasteiger partial charge in [0, 0.05) is 6.04 Å². The van der Waals surface area contributed by atoms with Crippen molar-refractivity contribution in [2.24, 2.45) is 0 Å². The lowest BCUT2D eigenvalue weighted by Gasteiger charge is -2.17. The number of halogens is 3. The van der Waals surface area contributed by atoms with Crippen molar-refractivity contribution in [3.63, 3.8) is 0 Å². The summed E-state index contributed by atoms with van der Waals surface area (Å²) in [7, 11) is -3.19. The van der Waals surface area contributed by atoms with Gasteiger partial charge in [-0.05, 0) is 19.1 Å². The van der Waals surface area contributed by atoms with E-state index in [1.807, 2.05) is 4.72 Å². The number of esters is 1. The van der Waals surface area contributed by atoms with Crippen LogP contribution in [0.4, 0.5) is 13.2 Å². The number of methoxy groups -OCH3 is 1. The second kappa shape index (κ2) is 6.44. The van der Waals surface area contributed by atoms with Crippen LogP contribution in [-0.4, -0.2) is 33.7 Å².